The summed E-state index contributed by atoms with van der Waals surface area (Å²) >= 11 is 1.48. The minimum absolute atomic E-state index is 0.259. The van der Waals surface area contributed by atoms with Crippen molar-refractivity contribution in [2.75, 3.05) is 0 Å². The molecule has 1 heterocycles. The summed E-state index contributed by atoms with van der Waals surface area (Å²) in [5.74, 6) is 0.259. The lowest BCUT2D eigenvalue weighted by atomic mass is 10.1. The Bertz CT molecular complexity index is 618. The zero-order valence-corrected chi connectivity index (χ0v) is 12.7. The molecule has 1 aromatic heterocycles. The van der Waals surface area contributed by atoms with Gasteiger partial charge in [0.15, 0.2) is 0 Å². The van der Waals surface area contributed by atoms with Crippen molar-refractivity contribution in [3.05, 3.63) is 51.0 Å². The van der Waals surface area contributed by atoms with Crippen LogP contribution in [0.1, 0.15) is 46.5 Å². The summed E-state index contributed by atoms with van der Waals surface area (Å²) in [4.78, 5) is 5.53. The third-order valence-corrected chi connectivity index (χ3v) is 4.21. The van der Waals surface area contributed by atoms with Crippen molar-refractivity contribution in [3.8, 4) is 0 Å². The molecule has 0 saturated heterocycles. The smallest absolute Gasteiger partial charge is 0.326 e. The van der Waals surface area contributed by atoms with Crippen molar-refractivity contribution in [2.45, 2.75) is 38.9 Å². The highest BCUT2D eigenvalue weighted by atomic mass is 32.1. The van der Waals surface area contributed by atoms with Gasteiger partial charge in [0.2, 0.25) is 0 Å². The summed E-state index contributed by atoms with van der Waals surface area (Å²) in [6.07, 6.45) is -3.92. The van der Waals surface area contributed by atoms with Crippen LogP contribution in [0.4, 0.5) is 13.2 Å². The van der Waals surface area contributed by atoms with Crippen molar-refractivity contribution < 1.29 is 13.2 Å². The van der Waals surface area contributed by atoms with Crippen LogP contribution in [0.15, 0.2) is 24.3 Å². The molecule has 0 saturated carbocycles. The maximum Gasteiger partial charge on any atom is 0.416 e. The van der Waals surface area contributed by atoms with Gasteiger partial charge in [-0.15, -0.1) is 11.3 Å². The van der Waals surface area contributed by atoms with Gasteiger partial charge < -0.3 is 5.73 Å². The van der Waals surface area contributed by atoms with Gasteiger partial charge in [0.25, 0.3) is 0 Å². The van der Waals surface area contributed by atoms with Gasteiger partial charge in [-0.25, -0.2) is 4.98 Å². The molecule has 0 spiro atoms. The van der Waals surface area contributed by atoms with E-state index in [0.717, 1.165) is 21.6 Å². The Morgan fingerprint density at radius 1 is 1.29 bits per heavy atom. The fraction of sp³-hybridized carbons (Fsp3) is 0.400. The van der Waals surface area contributed by atoms with Gasteiger partial charge in [-0.3, -0.25) is 0 Å². The molecule has 2 nitrogen and oxygen atoms in total. The monoisotopic (exact) mass is 314 g/mol. The predicted octanol–water partition coefficient (Wildman–Crippen LogP) is 4.33. The Kier molecular flexibility index (Phi) is 4.68. The van der Waals surface area contributed by atoms with Crippen molar-refractivity contribution in [1.82, 2.24) is 4.98 Å². The summed E-state index contributed by atoms with van der Waals surface area (Å²) in [5.41, 5.74) is 6.63. The molecule has 0 amide bonds. The average molecular weight is 314 g/mol. The zero-order valence-electron chi connectivity index (χ0n) is 11.9. The molecule has 1 aromatic carbocycles. The first-order chi connectivity index (χ1) is 9.81. The van der Waals surface area contributed by atoms with Gasteiger partial charge in [-0.2, -0.15) is 13.2 Å². The predicted molar refractivity (Wildman–Crippen MR) is 78.3 cm³/mol. The molecule has 21 heavy (non-hydrogen) atoms. The molecule has 0 aliphatic heterocycles. The summed E-state index contributed by atoms with van der Waals surface area (Å²) in [6, 6.07) is 5.38. The highest BCUT2D eigenvalue weighted by molar-refractivity contribution is 7.11. The van der Waals surface area contributed by atoms with Crippen LogP contribution in [0, 0.1) is 0 Å². The van der Waals surface area contributed by atoms with E-state index in [1.54, 1.807) is 6.07 Å². The van der Waals surface area contributed by atoms with E-state index in [1.807, 2.05) is 13.8 Å². The van der Waals surface area contributed by atoms with Gasteiger partial charge in [-0.05, 0) is 17.5 Å². The lowest BCUT2D eigenvalue weighted by Gasteiger charge is -2.07. The van der Waals surface area contributed by atoms with Gasteiger partial charge in [0.05, 0.1) is 16.3 Å². The molecule has 0 aliphatic carbocycles. The van der Waals surface area contributed by atoms with E-state index >= 15 is 0 Å². The second kappa shape index (κ2) is 6.15. The fourth-order valence-corrected chi connectivity index (χ4v) is 3.26. The maximum absolute atomic E-state index is 12.7. The third-order valence-electron chi connectivity index (χ3n) is 3.11. The van der Waals surface area contributed by atoms with E-state index in [1.165, 1.54) is 23.5 Å². The first-order valence-electron chi connectivity index (χ1n) is 6.66. The van der Waals surface area contributed by atoms with Crippen LogP contribution in [0.5, 0.6) is 0 Å². The van der Waals surface area contributed by atoms with Crippen LogP contribution in [0.3, 0.4) is 0 Å². The summed E-state index contributed by atoms with van der Waals surface area (Å²) in [7, 11) is 0. The molecule has 2 rings (SSSR count). The van der Waals surface area contributed by atoms with Crippen LogP contribution in [0.25, 0.3) is 0 Å². The second-order valence-electron chi connectivity index (χ2n) is 5.15. The van der Waals surface area contributed by atoms with E-state index in [-0.39, 0.29) is 5.92 Å². The number of hydrogen-bond donors (Lipinski definition) is 1. The molecule has 0 unspecified atom stereocenters. The maximum atomic E-state index is 12.7. The Morgan fingerprint density at radius 2 is 2.00 bits per heavy atom. The minimum atomic E-state index is -4.32. The number of benzene rings is 1. The molecular formula is C15H17F3N2S. The zero-order chi connectivity index (χ0) is 15.6. The first kappa shape index (κ1) is 16.0. The Balaban J connectivity index is 2.26. The van der Waals surface area contributed by atoms with Crippen LogP contribution in [-0.2, 0) is 19.1 Å². The largest absolute Gasteiger partial charge is 0.416 e. The molecule has 0 aliphatic rings. The first-order valence-corrected chi connectivity index (χ1v) is 7.47. The molecule has 2 N–H and O–H groups in total. The number of thiazole rings is 1. The van der Waals surface area contributed by atoms with Crippen molar-refractivity contribution in [3.63, 3.8) is 0 Å². The standard InChI is InChI=1S/C15H17F3N2S/c1-9(2)14-12(8-19)21-13(20-14)7-10-4-3-5-11(6-10)15(16,17)18/h3-6,9H,7-8,19H2,1-2H3. The van der Waals surface area contributed by atoms with Crippen LogP contribution < -0.4 is 5.73 Å². The van der Waals surface area contributed by atoms with Gasteiger partial charge in [-0.1, -0.05) is 32.0 Å². The van der Waals surface area contributed by atoms with Crippen molar-refractivity contribution in [1.29, 1.82) is 0 Å². The van der Waals surface area contributed by atoms with Gasteiger partial charge in [0, 0.05) is 17.8 Å². The van der Waals surface area contributed by atoms with Crippen molar-refractivity contribution in [2.24, 2.45) is 5.73 Å². The van der Waals surface area contributed by atoms with E-state index in [2.05, 4.69) is 4.98 Å². The molecule has 2 aromatic rings. The van der Waals surface area contributed by atoms with Crippen LogP contribution >= 0.6 is 11.3 Å². The number of hydrogen-bond acceptors (Lipinski definition) is 3. The highest BCUT2D eigenvalue weighted by Crippen LogP contribution is 2.31. The Labute approximate surface area is 125 Å². The highest BCUT2D eigenvalue weighted by Gasteiger charge is 2.30. The Morgan fingerprint density at radius 3 is 2.52 bits per heavy atom. The number of nitrogens with zero attached hydrogens (tertiary/aromatic N) is 1. The van der Waals surface area contributed by atoms with E-state index in [0.29, 0.717) is 18.5 Å². The SMILES string of the molecule is CC(C)c1nc(Cc2cccc(C(F)(F)F)c2)sc1CN. The van der Waals surface area contributed by atoms with Crippen LogP contribution in [0.2, 0.25) is 0 Å². The Hall–Kier alpha value is -1.40. The summed E-state index contributed by atoms with van der Waals surface area (Å²) in [5, 5.41) is 0.804. The molecule has 0 atom stereocenters. The average Bonchev–Trinajstić information content (AvgIpc) is 2.81. The number of alkyl halides is 3. The minimum Gasteiger partial charge on any atom is -0.326 e. The molecule has 0 fully saturated rings. The molecule has 0 bridgehead atoms. The molecule has 0 radical (unpaired) electrons. The van der Waals surface area contributed by atoms with E-state index in [4.69, 9.17) is 5.73 Å². The summed E-state index contributed by atoms with van der Waals surface area (Å²) in [6.45, 7) is 4.47. The van der Waals surface area contributed by atoms with Crippen molar-refractivity contribution >= 4 is 11.3 Å². The number of nitrogens with two attached hydrogens (primary N) is 1. The lowest BCUT2D eigenvalue weighted by Crippen LogP contribution is -2.05. The van der Waals surface area contributed by atoms with Gasteiger partial charge >= 0.3 is 6.18 Å². The number of rotatable bonds is 4. The molecule has 114 valence electrons. The summed E-state index contributed by atoms with van der Waals surface area (Å²) < 4.78 is 38.1. The second-order valence-corrected chi connectivity index (χ2v) is 6.32. The van der Waals surface area contributed by atoms with E-state index in [9.17, 15) is 13.2 Å². The third kappa shape index (κ3) is 3.83. The molecular weight excluding hydrogens is 297 g/mol. The lowest BCUT2D eigenvalue weighted by molar-refractivity contribution is -0.137. The normalized spacial score (nSPS) is 12.1. The fourth-order valence-electron chi connectivity index (χ4n) is 2.12. The van der Waals surface area contributed by atoms with Gasteiger partial charge in [0.1, 0.15) is 0 Å². The quantitative estimate of drug-likeness (QED) is 0.912. The number of aromatic nitrogens is 1. The van der Waals surface area contributed by atoms with E-state index < -0.39 is 11.7 Å². The number of halogens is 3. The van der Waals surface area contributed by atoms with Crippen LogP contribution in [-0.4, -0.2) is 4.98 Å². The topological polar surface area (TPSA) is 38.9 Å². The molecule has 6 heteroatoms.